The zero-order valence-corrected chi connectivity index (χ0v) is 21.6. The van der Waals surface area contributed by atoms with E-state index in [9.17, 15) is 14.7 Å². The van der Waals surface area contributed by atoms with Gasteiger partial charge in [0.1, 0.15) is 6.10 Å². The number of rotatable bonds is 6. The molecule has 2 N–H and O–H groups in total. The first-order valence-electron chi connectivity index (χ1n) is 11.6. The van der Waals surface area contributed by atoms with Crippen molar-refractivity contribution >= 4 is 11.9 Å². The van der Waals surface area contributed by atoms with E-state index in [0.717, 1.165) is 11.1 Å². The Balaban J connectivity index is 0.000000389. The second-order valence-corrected chi connectivity index (χ2v) is 11.1. The summed E-state index contributed by atoms with van der Waals surface area (Å²) in [5.41, 5.74) is 1.79. The lowest BCUT2D eigenvalue weighted by Gasteiger charge is -2.31. The number of aliphatic hydroxyl groups is 2. The van der Waals surface area contributed by atoms with Crippen molar-refractivity contribution in [2.24, 2.45) is 34.5 Å². The van der Waals surface area contributed by atoms with Crippen LogP contribution in [0.2, 0.25) is 0 Å². The first-order chi connectivity index (χ1) is 14.5. The summed E-state index contributed by atoms with van der Waals surface area (Å²) in [5, 5.41) is 18.6. The molecular weight excluding hydrogens is 408 g/mol. The van der Waals surface area contributed by atoms with E-state index in [-0.39, 0.29) is 65.8 Å². The molecule has 0 saturated carbocycles. The molecule has 0 spiro atoms. The van der Waals surface area contributed by atoms with Crippen LogP contribution in [0.1, 0.15) is 69.2 Å². The molecule has 0 fully saturated rings. The number of carbonyl (C=O) groups excluding carboxylic acids is 2. The van der Waals surface area contributed by atoms with Gasteiger partial charge in [0.2, 0.25) is 0 Å². The average Bonchev–Trinajstić information content (AvgIpc) is 2.99. The van der Waals surface area contributed by atoms with Gasteiger partial charge in [0, 0.05) is 18.4 Å². The molecule has 0 aromatic rings. The van der Waals surface area contributed by atoms with Gasteiger partial charge in [-0.2, -0.15) is 0 Å². The van der Waals surface area contributed by atoms with Crippen molar-refractivity contribution in [1.29, 1.82) is 0 Å². The zero-order valence-electron chi connectivity index (χ0n) is 21.6. The first kappa shape index (κ1) is 28.4. The molecule has 0 radical (unpaired) electrons. The molecule has 4 atom stereocenters. The number of aliphatic hydroxyl groups excluding tert-OH is 2. The molecule has 2 aliphatic carbocycles. The fourth-order valence-corrected chi connectivity index (χ4v) is 4.40. The Labute approximate surface area is 194 Å². The summed E-state index contributed by atoms with van der Waals surface area (Å²) < 4.78 is 11.0. The van der Waals surface area contributed by atoms with Crippen LogP contribution in [0.4, 0.5) is 0 Å². The van der Waals surface area contributed by atoms with Crippen LogP contribution in [0.3, 0.4) is 0 Å². The zero-order chi connectivity index (χ0) is 25.0. The van der Waals surface area contributed by atoms with Gasteiger partial charge in [-0.25, -0.2) is 0 Å². The molecule has 0 amide bonds. The summed E-state index contributed by atoms with van der Waals surface area (Å²) in [5.74, 6) is -0.819. The molecule has 0 aliphatic heterocycles. The van der Waals surface area contributed by atoms with Crippen molar-refractivity contribution in [1.82, 2.24) is 0 Å². The lowest BCUT2D eigenvalue weighted by molar-refractivity contribution is -0.158. The Kier molecular flexibility index (Phi) is 9.73. The number of allylic oxidation sites excluding steroid dienone is 2. The van der Waals surface area contributed by atoms with Crippen molar-refractivity contribution < 1.29 is 29.3 Å². The van der Waals surface area contributed by atoms with E-state index < -0.39 is 6.10 Å². The molecule has 0 aromatic heterocycles. The average molecular weight is 453 g/mol. The van der Waals surface area contributed by atoms with Gasteiger partial charge in [0.05, 0.1) is 24.5 Å². The Hall–Kier alpha value is -1.66. The normalized spacial score (nSPS) is 28.1. The van der Waals surface area contributed by atoms with E-state index in [1.54, 1.807) is 0 Å². The van der Waals surface area contributed by atoms with Crippen LogP contribution >= 0.6 is 0 Å². The number of hydrogen-bond donors (Lipinski definition) is 2. The fourth-order valence-electron chi connectivity index (χ4n) is 4.40. The van der Waals surface area contributed by atoms with Gasteiger partial charge >= 0.3 is 11.9 Å². The lowest BCUT2D eigenvalue weighted by Crippen LogP contribution is -2.36. The molecular formula is C26H44O6. The van der Waals surface area contributed by atoms with E-state index in [1.807, 2.05) is 61.5 Å². The predicted octanol–water partition coefficient (Wildman–Crippen LogP) is 4.30. The Bertz CT molecular complexity index is 729. The van der Waals surface area contributed by atoms with Crippen LogP contribution in [0, 0.1) is 34.5 Å². The minimum Gasteiger partial charge on any atom is -0.465 e. The van der Waals surface area contributed by atoms with E-state index >= 15 is 0 Å². The maximum absolute atomic E-state index is 11.9. The van der Waals surface area contributed by atoms with Crippen molar-refractivity contribution in [2.75, 3.05) is 13.2 Å². The maximum atomic E-state index is 11.9. The highest BCUT2D eigenvalue weighted by molar-refractivity contribution is 5.72. The van der Waals surface area contributed by atoms with Gasteiger partial charge in [-0.1, -0.05) is 67.5 Å². The maximum Gasteiger partial charge on any atom is 0.308 e. The smallest absolute Gasteiger partial charge is 0.308 e. The Morgan fingerprint density at radius 2 is 1.38 bits per heavy atom. The minimum atomic E-state index is -0.449. The third kappa shape index (κ3) is 6.92. The molecule has 6 heteroatoms. The van der Waals surface area contributed by atoms with E-state index in [0.29, 0.717) is 0 Å². The standard InChI is InChI=1S/C17H28O4.C9H16O2/c1-10(2)15(18)20-9-13-14(21-16(19)11(3)4)12(5)8-17(13,6)7;1-6-4-9(2,3)7(5-10)8(6)11/h8,10-11,13-14H,9H2,1-7H3;4,7-8,10-11H,5H2,1-3H3/t13-,14-;7-,8-/m11/s1. The van der Waals surface area contributed by atoms with Crippen molar-refractivity contribution in [2.45, 2.75) is 81.4 Å². The monoisotopic (exact) mass is 452 g/mol. The molecule has 0 heterocycles. The van der Waals surface area contributed by atoms with Crippen LogP contribution in [0.15, 0.2) is 23.3 Å². The lowest BCUT2D eigenvalue weighted by atomic mass is 9.81. The highest BCUT2D eigenvalue weighted by atomic mass is 16.6. The summed E-state index contributed by atoms with van der Waals surface area (Å²) in [6.45, 7) is 19.7. The molecule has 2 rings (SSSR count). The molecule has 0 saturated heterocycles. The van der Waals surface area contributed by atoms with Crippen LogP contribution in [0.5, 0.6) is 0 Å². The summed E-state index contributed by atoms with van der Waals surface area (Å²) >= 11 is 0. The van der Waals surface area contributed by atoms with Gasteiger partial charge in [-0.05, 0) is 35.8 Å². The third-order valence-corrected chi connectivity index (χ3v) is 6.56. The topological polar surface area (TPSA) is 93.1 Å². The number of ether oxygens (including phenoxy) is 2. The molecule has 0 bridgehead atoms. The second kappa shape index (κ2) is 11.0. The van der Waals surface area contributed by atoms with Crippen molar-refractivity contribution in [3.05, 3.63) is 23.3 Å². The van der Waals surface area contributed by atoms with E-state index in [4.69, 9.17) is 14.6 Å². The first-order valence-corrected chi connectivity index (χ1v) is 11.6. The van der Waals surface area contributed by atoms with Gasteiger partial charge in [-0.3, -0.25) is 9.59 Å². The van der Waals surface area contributed by atoms with Crippen molar-refractivity contribution in [3.63, 3.8) is 0 Å². The fraction of sp³-hybridized carbons (Fsp3) is 0.769. The van der Waals surface area contributed by atoms with Gasteiger partial charge in [0.15, 0.2) is 0 Å². The van der Waals surface area contributed by atoms with E-state index in [2.05, 4.69) is 19.9 Å². The Morgan fingerprint density at radius 3 is 1.75 bits per heavy atom. The molecule has 6 nitrogen and oxygen atoms in total. The SMILES string of the molecule is CC1=CC(C)(C)[C@H](CO)[C@@H]1O.CC1=CC(C)(C)[C@H](COC(=O)C(C)C)[C@@H]1OC(=O)C(C)C. The highest BCUT2D eigenvalue weighted by Gasteiger charge is 2.44. The summed E-state index contributed by atoms with van der Waals surface area (Å²) in [4.78, 5) is 23.6. The summed E-state index contributed by atoms with van der Waals surface area (Å²) in [6.07, 6.45) is 3.39. The Morgan fingerprint density at radius 1 is 0.906 bits per heavy atom. The predicted molar refractivity (Wildman–Crippen MR) is 126 cm³/mol. The van der Waals surface area contributed by atoms with Gasteiger partial charge < -0.3 is 19.7 Å². The van der Waals surface area contributed by atoms with Crippen LogP contribution < -0.4 is 0 Å². The van der Waals surface area contributed by atoms with Gasteiger partial charge in [0.25, 0.3) is 0 Å². The molecule has 32 heavy (non-hydrogen) atoms. The largest absolute Gasteiger partial charge is 0.465 e. The molecule has 0 aromatic carbocycles. The molecule has 184 valence electrons. The van der Waals surface area contributed by atoms with Gasteiger partial charge in [-0.15, -0.1) is 0 Å². The molecule has 2 aliphatic rings. The summed E-state index contributed by atoms with van der Waals surface area (Å²) in [6, 6.07) is 0. The summed E-state index contributed by atoms with van der Waals surface area (Å²) in [7, 11) is 0. The van der Waals surface area contributed by atoms with Crippen LogP contribution in [0.25, 0.3) is 0 Å². The number of carbonyl (C=O) groups is 2. The highest BCUT2D eigenvalue weighted by Crippen LogP contribution is 2.43. The van der Waals surface area contributed by atoms with Crippen LogP contribution in [-0.4, -0.2) is 47.6 Å². The van der Waals surface area contributed by atoms with E-state index in [1.165, 1.54) is 0 Å². The quantitative estimate of drug-likeness (QED) is 0.461. The number of esters is 2. The van der Waals surface area contributed by atoms with Crippen molar-refractivity contribution in [3.8, 4) is 0 Å². The second-order valence-electron chi connectivity index (χ2n) is 11.1. The third-order valence-electron chi connectivity index (χ3n) is 6.56. The van der Waals surface area contributed by atoms with Crippen LogP contribution in [-0.2, 0) is 19.1 Å². The molecule has 0 unspecified atom stereocenters. The minimum absolute atomic E-state index is 0.0255. The number of hydrogen-bond acceptors (Lipinski definition) is 6.